The van der Waals surface area contributed by atoms with Gasteiger partial charge in [-0.15, -0.1) is 0 Å². The van der Waals surface area contributed by atoms with Crippen molar-refractivity contribution < 1.29 is 14.3 Å². The number of nitrogens with one attached hydrogen (secondary N) is 1. The molecule has 2 amide bonds. The second-order valence-electron chi connectivity index (χ2n) is 5.54. The van der Waals surface area contributed by atoms with Crippen LogP contribution in [0, 0.1) is 12.7 Å². The predicted molar refractivity (Wildman–Crippen MR) is 82.4 cm³/mol. The second-order valence-corrected chi connectivity index (χ2v) is 5.54. The number of rotatable bonds is 1. The third-order valence-electron chi connectivity index (χ3n) is 3.85. The Labute approximate surface area is 128 Å². The van der Waals surface area contributed by atoms with Gasteiger partial charge < -0.3 is 15.3 Å². The van der Waals surface area contributed by atoms with Crippen LogP contribution in [0.1, 0.15) is 16.7 Å². The minimum atomic E-state index is -0.450. The van der Waals surface area contributed by atoms with Gasteiger partial charge in [0.25, 0.3) is 0 Å². The molecular weight excluding hydrogens is 283 g/mol. The summed E-state index contributed by atoms with van der Waals surface area (Å²) < 4.78 is 13.7. The molecule has 2 aromatic rings. The van der Waals surface area contributed by atoms with Gasteiger partial charge in [-0.3, -0.25) is 0 Å². The number of amides is 2. The Morgan fingerprint density at radius 2 is 2.05 bits per heavy atom. The molecule has 0 bridgehead atoms. The van der Waals surface area contributed by atoms with Crippen LogP contribution < -0.4 is 5.32 Å². The van der Waals surface area contributed by atoms with Crippen LogP contribution >= 0.6 is 0 Å². The zero-order valence-corrected chi connectivity index (χ0v) is 12.3. The summed E-state index contributed by atoms with van der Waals surface area (Å²) in [5, 5.41) is 12.2. The van der Waals surface area contributed by atoms with Gasteiger partial charge in [0.15, 0.2) is 0 Å². The molecule has 1 aliphatic heterocycles. The van der Waals surface area contributed by atoms with E-state index < -0.39 is 5.82 Å². The number of hydrogen-bond acceptors (Lipinski definition) is 2. The van der Waals surface area contributed by atoms with Crippen LogP contribution in [0.4, 0.5) is 14.9 Å². The van der Waals surface area contributed by atoms with Crippen molar-refractivity contribution in [3.8, 4) is 5.75 Å². The standard InChI is InChI=1S/C17H17FN2O2/c1-11-2-5-15(18)16(8-11)19-17(22)20-7-6-12-3-4-14(21)9-13(12)10-20/h2-5,8-9,21H,6-7,10H2,1H3,(H,19,22). The Hall–Kier alpha value is -2.56. The molecule has 0 aromatic heterocycles. The number of urea groups is 1. The SMILES string of the molecule is Cc1ccc(F)c(NC(=O)N2CCc3ccc(O)cc3C2)c1. The lowest BCUT2D eigenvalue weighted by Crippen LogP contribution is -2.39. The summed E-state index contributed by atoms with van der Waals surface area (Å²) in [7, 11) is 0. The van der Waals surface area contributed by atoms with Crippen LogP contribution in [0.25, 0.3) is 0 Å². The lowest BCUT2D eigenvalue weighted by atomic mass is 10.00. The third kappa shape index (κ3) is 2.88. The van der Waals surface area contributed by atoms with Crippen molar-refractivity contribution in [2.45, 2.75) is 19.9 Å². The minimum absolute atomic E-state index is 0.186. The second kappa shape index (κ2) is 5.67. The molecule has 2 N–H and O–H groups in total. The van der Waals surface area contributed by atoms with E-state index in [1.165, 1.54) is 6.07 Å². The Morgan fingerprint density at radius 1 is 1.23 bits per heavy atom. The van der Waals surface area contributed by atoms with Gasteiger partial charge in [0.2, 0.25) is 0 Å². The normalized spacial score (nSPS) is 13.6. The van der Waals surface area contributed by atoms with Gasteiger partial charge in [-0.05, 0) is 54.3 Å². The van der Waals surface area contributed by atoms with Crippen LogP contribution in [-0.2, 0) is 13.0 Å². The molecule has 114 valence electrons. The van der Waals surface area contributed by atoms with E-state index in [9.17, 15) is 14.3 Å². The van der Waals surface area contributed by atoms with Crippen molar-refractivity contribution in [3.63, 3.8) is 0 Å². The van der Waals surface area contributed by atoms with E-state index in [1.807, 2.05) is 13.0 Å². The van der Waals surface area contributed by atoms with Crippen LogP contribution in [0.2, 0.25) is 0 Å². The highest BCUT2D eigenvalue weighted by atomic mass is 19.1. The number of phenols is 1. The first kappa shape index (κ1) is 14.4. The highest BCUT2D eigenvalue weighted by Gasteiger charge is 2.21. The average molecular weight is 300 g/mol. The highest BCUT2D eigenvalue weighted by Crippen LogP contribution is 2.24. The zero-order chi connectivity index (χ0) is 15.7. The van der Waals surface area contributed by atoms with Crippen molar-refractivity contribution in [1.29, 1.82) is 0 Å². The Morgan fingerprint density at radius 3 is 2.86 bits per heavy atom. The Balaban J connectivity index is 1.75. The number of halogens is 1. The van der Waals surface area contributed by atoms with Crippen molar-refractivity contribution in [2.24, 2.45) is 0 Å². The molecule has 1 heterocycles. The summed E-state index contributed by atoms with van der Waals surface area (Å²) in [4.78, 5) is 13.9. The summed E-state index contributed by atoms with van der Waals surface area (Å²) in [6.07, 6.45) is 0.722. The summed E-state index contributed by atoms with van der Waals surface area (Å²) >= 11 is 0. The van der Waals surface area contributed by atoms with Gasteiger partial charge in [0, 0.05) is 13.1 Å². The van der Waals surface area contributed by atoms with E-state index in [1.54, 1.807) is 29.2 Å². The smallest absolute Gasteiger partial charge is 0.322 e. The number of hydrogen-bond donors (Lipinski definition) is 2. The maximum Gasteiger partial charge on any atom is 0.322 e. The minimum Gasteiger partial charge on any atom is -0.508 e. The van der Waals surface area contributed by atoms with E-state index in [2.05, 4.69) is 5.32 Å². The van der Waals surface area contributed by atoms with E-state index in [0.717, 1.165) is 23.1 Å². The van der Waals surface area contributed by atoms with Crippen LogP contribution in [0.5, 0.6) is 5.75 Å². The van der Waals surface area contributed by atoms with Gasteiger partial charge in [-0.2, -0.15) is 0 Å². The topological polar surface area (TPSA) is 52.6 Å². The maximum absolute atomic E-state index is 13.7. The molecule has 0 radical (unpaired) electrons. The lowest BCUT2D eigenvalue weighted by Gasteiger charge is -2.29. The molecule has 22 heavy (non-hydrogen) atoms. The lowest BCUT2D eigenvalue weighted by molar-refractivity contribution is 0.206. The first-order valence-electron chi connectivity index (χ1n) is 7.16. The number of fused-ring (bicyclic) bond motifs is 1. The fraction of sp³-hybridized carbons (Fsp3) is 0.235. The molecule has 3 rings (SSSR count). The summed E-state index contributed by atoms with van der Waals surface area (Å²) in [5.74, 6) is -0.264. The molecule has 0 fully saturated rings. The molecule has 0 atom stereocenters. The molecule has 0 unspecified atom stereocenters. The first-order valence-corrected chi connectivity index (χ1v) is 7.16. The maximum atomic E-state index is 13.7. The van der Waals surface area contributed by atoms with Crippen molar-refractivity contribution in [3.05, 3.63) is 58.9 Å². The molecule has 1 aliphatic rings. The molecule has 0 saturated heterocycles. The Bertz CT molecular complexity index is 731. The van der Waals surface area contributed by atoms with Crippen molar-refractivity contribution in [1.82, 2.24) is 4.90 Å². The average Bonchev–Trinajstić information content (AvgIpc) is 2.50. The monoisotopic (exact) mass is 300 g/mol. The van der Waals surface area contributed by atoms with Crippen LogP contribution in [0.3, 0.4) is 0 Å². The molecule has 0 aliphatic carbocycles. The Kier molecular flexibility index (Phi) is 3.71. The number of aromatic hydroxyl groups is 1. The third-order valence-corrected chi connectivity index (χ3v) is 3.85. The quantitative estimate of drug-likeness (QED) is 0.847. The van der Waals surface area contributed by atoms with Crippen LogP contribution in [-0.4, -0.2) is 22.6 Å². The molecule has 0 spiro atoms. The number of aryl methyl sites for hydroxylation is 1. The van der Waals surface area contributed by atoms with Gasteiger partial charge in [-0.1, -0.05) is 12.1 Å². The van der Waals surface area contributed by atoms with Gasteiger partial charge >= 0.3 is 6.03 Å². The van der Waals surface area contributed by atoms with Gasteiger partial charge in [0.1, 0.15) is 11.6 Å². The van der Waals surface area contributed by atoms with Crippen LogP contribution in [0.15, 0.2) is 36.4 Å². The van der Waals surface area contributed by atoms with E-state index >= 15 is 0 Å². The van der Waals surface area contributed by atoms with Crippen molar-refractivity contribution >= 4 is 11.7 Å². The predicted octanol–water partition coefficient (Wildman–Crippen LogP) is 3.43. The summed E-state index contributed by atoms with van der Waals surface area (Å²) in [5.41, 5.74) is 3.12. The number of carbonyl (C=O) groups is 1. The number of carbonyl (C=O) groups excluding carboxylic acids is 1. The molecule has 4 nitrogen and oxygen atoms in total. The van der Waals surface area contributed by atoms with E-state index in [-0.39, 0.29) is 17.5 Å². The number of anilines is 1. The number of benzene rings is 2. The summed E-state index contributed by atoms with van der Waals surface area (Å²) in [6.45, 7) is 2.81. The highest BCUT2D eigenvalue weighted by molar-refractivity contribution is 5.89. The molecule has 5 heteroatoms. The van der Waals surface area contributed by atoms with Crippen molar-refractivity contribution in [2.75, 3.05) is 11.9 Å². The molecule has 2 aromatic carbocycles. The van der Waals surface area contributed by atoms with Gasteiger partial charge in [0.05, 0.1) is 5.69 Å². The fourth-order valence-electron chi connectivity index (χ4n) is 2.65. The first-order chi connectivity index (χ1) is 10.5. The largest absolute Gasteiger partial charge is 0.508 e. The molecule has 0 saturated carbocycles. The van der Waals surface area contributed by atoms with E-state index in [4.69, 9.17) is 0 Å². The van der Waals surface area contributed by atoms with Gasteiger partial charge in [-0.25, -0.2) is 9.18 Å². The molecular formula is C17H17FN2O2. The summed E-state index contributed by atoms with van der Waals surface area (Å²) in [6, 6.07) is 9.47. The zero-order valence-electron chi connectivity index (χ0n) is 12.3. The number of phenolic OH excluding ortho intramolecular Hbond substituents is 1. The fourth-order valence-corrected chi connectivity index (χ4v) is 2.65. The van der Waals surface area contributed by atoms with E-state index in [0.29, 0.717) is 13.1 Å². The number of nitrogens with zero attached hydrogens (tertiary/aromatic N) is 1.